The summed E-state index contributed by atoms with van der Waals surface area (Å²) in [5.74, 6) is 0. The Labute approximate surface area is 86.0 Å². The summed E-state index contributed by atoms with van der Waals surface area (Å²) in [5.41, 5.74) is 2.63. The topological polar surface area (TPSA) is 16.1 Å². The Morgan fingerprint density at radius 2 is 2.43 bits per heavy atom. The van der Waals surface area contributed by atoms with Crippen LogP contribution in [0, 0.1) is 0 Å². The second kappa shape index (κ2) is 3.99. The van der Waals surface area contributed by atoms with E-state index in [1.807, 2.05) is 12.3 Å². The van der Waals surface area contributed by atoms with Gasteiger partial charge in [-0.2, -0.15) is 0 Å². The summed E-state index contributed by atoms with van der Waals surface area (Å²) in [6, 6.07) is 4.88. The second-order valence-electron chi connectivity index (χ2n) is 4.02. The number of aromatic nitrogens is 1. The fraction of sp³-hybridized carbons (Fsp3) is 0.583. The zero-order valence-electron chi connectivity index (χ0n) is 9.03. The lowest BCUT2D eigenvalue weighted by atomic mass is 10.0. The zero-order valence-corrected chi connectivity index (χ0v) is 9.03. The molecule has 0 saturated heterocycles. The normalized spacial score (nSPS) is 17.7. The Bertz CT molecular complexity index is 309. The smallest absolute Gasteiger partial charge is 0.0637 e. The van der Waals surface area contributed by atoms with Crippen molar-refractivity contribution in [3.63, 3.8) is 0 Å². The van der Waals surface area contributed by atoms with E-state index in [2.05, 4.69) is 29.8 Å². The minimum atomic E-state index is 0.637. The minimum Gasteiger partial charge on any atom is -0.367 e. The van der Waals surface area contributed by atoms with Gasteiger partial charge in [0.25, 0.3) is 0 Å². The summed E-state index contributed by atoms with van der Waals surface area (Å²) in [5, 5.41) is 0. The van der Waals surface area contributed by atoms with Gasteiger partial charge in [0.05, 0.1) is 11.4 Å². The largest absolute Gasteiger partial charge is 0.367 e. The van der Waals surface area contributed by atoms with Crippen LogP contribution in [0.15, 0.2) is 18.3 Å². The van der Waals surface area contributed by atoms with Crippen molar-refractivity contribution in [2.75, 3.05) is 11.4 Å². The number of rotatable bonds is 2. The van der Waals surface area contributed by atoms with Crippen LogP contribution < -0.4 is 4.90 Å². The van der Waals surface area contributed by atoms with E-state index < -0.39 is 0 Å². The molecule has 0 fully saturated rings. The maximum Gasteiger partial charge on any atom is 0.0637 e. The van der Waals surface area contributed by atoms with E-state index in [0.717, 1.165) is 6.42 Å². The third kappa shape index (κ3) is 1.61. The second-order valence-corrected chi connectivity index (χ2v) is 4.02. The molecule has 0 saturated carbocycles. The van der Waals surface area contributed by atoms with Gasteiger partial charge in [-0.3, -0.25) is 4.98 Å². The lowest BCUT2D eigenvalue weighted by Gasteiger charge is -2.35. The van der Waals surface area contributed by atoms with Crippen molar-refractivity contribution in [3.8, 4) is 0 Å². The Morgan fingerprint density at radius 3 is 3.21 bits per heavy atom. The SMILES string of the molecule is CCC(C)N1CCCc2ncccc21. The van der Waals surface area contributed by atoms with Gasteiger partial charge in [0, 0.05) is 18.8 Å². The Kier molecular flexibility index (Phi) is 2.71. The molecule has 1 unspecified atom stereocenters. The molecule has 0 N–H and O–H groups in total. The van der Waals surface area contributed by atoms with Gasteiger partial charge >= 0.3 is 0 Å². The van der Waals surface area contributed by atoms with Crippen LogP contribution in [0.2, 0.25) is 0 Å². The van der Waals surface area contributed by atoms with E-state index in [9.17, 15) is 0 Å². The fourth-order valence-corrected chi connectivity index (χ4v) is 2.10. The molecule has 1 atom stereocenters. The summed E-state index contributed by atoms with van der Waals surface area (Å²) < 4.78 is 0. The number of anilines is 1. The predicted molar refractivity (Wildman–Crippen MR) is 59.7 cm³/mol. The molecule has 2 nitrogen and oxygen atoms in total. The summed E-state index contributed by atoms with van der Waals surface area (Å²) in [6.07, 6.45) is 5.49. The van der Waals surface area contributed by atoms with Gasteiger partial charge < -0.3 is 4.90 Å². The zero-order chi connectivity index (χ0) is 9.97. The highest BCUT2D eigenvalue weighted by Gasteiger charge is 2.20. The monoisotopic (exact) mass is 190 g/mol. The summed E-state index contributed by atoms with van der Waals surface area (Å²) in [7, 11) is 0. The lowest BCUT2D eigenvalue weighted by molar-refractivity contribution is 0.574. The average Bonchev–Trinajstić information content (AvgIpc) is 2.27. The van der Waals surface area contributed by atoms with Crippen LogP contribution in [-0.2, 0) is 6.42 Å². The number of hydrogen-bond donors (Lipinski definition) is 0. The Balaban J connectivity index is 2.30. The molecular formula is C12H18N2. The van der Waals surface area contributed by atoms with Gasteiger partial charge in [-0.1, -0.05) is 6.92 Å². The van der Waals surface area contributed by atoms with Crippen molar-refractivity contribution < 1.29 is 0 Å². The van der Waals surface area contributed by atoms with Crippen LogP contribution in [0.1, 0.15) is 32.4 Å². The number of aryl methyl sites for hydroxylation is 1. The molecule has 1 aromatic heterocycles. The van der Waals surface area contributed by atoms with E-state index in [0.29, 0.717) is 6.04 Å². The van der Waals surface area contributed by atoms with Gasteiger partial charge in [0.2, 0.25) is 0 Å². The fourth-order valence-electron chi connectivity index (χ4n) is 2.10. The number of hydrogen-bond acceptors (Lipinski definition) is 2. The van der Waals surface area contributed by atoms with Crippen molar-refractivity contribution >= 4 is 5.69 Å². The quantitative estimate of drug-likeness (QED) is 0.712. The van der Waals surface area contributed by atoms with Gasteiger partial charge in [0.1, 0.15) is 0 Å². The van der Waals surface area contributed by atoms with Gasteiger partial charge in [-0.05, 0) is 38.3 Å². The molecule has 2 heteroatoms. The van der Waals surface area contributed by atoms with E-state index in [1.54, 1.807) is 0 Å². The van der Waals surface area contributed by atoms with E-state index in [4.69, 9.17) is 0 Å². The maximum atomic E-state index is 4.44. The first-order valence-electron chi connectivity index (χ1n) is 5.53. The molecular weight excluding hydrogens is 172 g/mol. The molecule has 0 bridgehead atoms. The lowest BCUT2D eigenvalue weighted by Crippen LogP contribution is -2.37. The van der Waals surface area contributed by atoms with Crippen LogP contribution in [0.4, 0.5) is 5.69 Å². The molecule has 0 amide bonds. The average molecular weight is 190 g/mol. The van der Waals surface area contributed by atoms with Crippen LogP contribution >= 0.6 is 0 Å². The molecule has 0 radical (unpaired) electrons. The standard InChI is InChI=1S/C12H18N2/c1-3-10(2)14-9-5-6-11-12(14)7-4-8-13-11/h4,7-8,10H,3,5-6,9H2,1-2H3. The third-order valence-electron chi connectivity index (χ3n) is 3.11. The summed E-state index contributed by atoms with van der Waals surface area (Å²) in [4.78, 5) is 6.94. The van der Waals surface area contributed by atoms with E-state index in [1.165, 1.54) is 30.8 Å². The van der Waals surface area contributed by atoms with Crippen molar-refractivity contribution in [1.29, 1.82) is 0 Å². The summed E-state index contributed by atoms with van der Waals surface area (Å²) in [6.45, 7) is 5.73. The molecule has 76 valence electrons. The van der Waals surface area contributed by atoms with Gasteiger partial charge in [-0.25, -0.2) is 0 Å². The van der Waals surface area contributed by atoms with Gasteiger partial charge in [-0.15, -0.1) is 0 Å². The van der Waals surface area contributed by atoms with Crippen molar-refractivity contribution in [3.05, 3.63) is 24.0 Å². The molecule has 2 heterocycles. The number of nitrogens with zero attached hydrogens (tertiary/aromatic N) is 2. The highest BCUT2D eigenvalue weighted by atomic mass is 15.2. The van der Waals surface area contributed by atoms with Crippen LogP contribution in [0.25, 0.3) is 0 Å². The van der Waals surface area contributed by atoms with E-state index in [-0.39, 0.29) is 0 Å². The first-order valence-corrected chi connectivity index (χ1v) is 5.53. The Hall–Kier alpha value is -1.05. The molecule has 2 rings (SSSR count). The first-order chi connectivity index (χ1) is 6.83. The highest BCUT2D eigenvalue weighted by Crippen LogP contribution is 2.27. The third-order valence-corrected chi connectivity index (χ3v) is 3.11. The van der Waals surface area contributed by atoms with Gasteiger partial charge in [0.15, 0.2) is 0 Å². The highest BCUT2D eigenvalue weighted by molar-refractivity contribution is 5.52. The molecule has 0 spiro atoms. The predicted octanol–water partition coefficient (Wildman–Crippen LogP) is 2.63. The molecule has 1 aliphatic heterocycles. The van der Waals surface area contributed by atoms with Crippen molar-refractivity contribution in [1.82, 2.24) is 4.98 Å². The molecule has 0 aliphatic carbocycles. The Morgan fingerprint density at radius 1 is 1.57 bits per heavy atom. The first kappa shape index (κ1) is 9.50. The molecule has 0 aromatic carbocycles. The molecule has 1 aliphatic rings. The molecule has 14 heavy (non-hydrogen) atoms. The maximum absolute atomic E-state index is 4.44. The summed E-state index contributed by atoms with van der Waals surface area (Å²) >= 11 is 0. The van der Waals surface area contributed by atoms with Crippen LogP contribution in [0.3, 0.4) is 0 Å². The van der Waals surface area contributed by atoms with Crippen LogP contribution in [0.5, 0.6) is 0 Å². The number of fused-ring (bicyclic) bond motifs is 1. The van der Waals surface area contributed by atoms with E-state index >= 15 is 0 Å². The molecule has 1 aromatic rings. The van der Waals surface area contributed by atoms with Crippen molar-refractivity contribution in [2.45, 2.75) is 39.2 Å². The van der Waals surface area contributed by atoms with Crippen LogP contribution in [-0.4, -0.2) is 17.6 Å². The van der Waals surface area contributed by atoms with Crippen molar-refractivity contribution in [2.24, 2.45) is 0 Å². The minimum absolute atomic E-state index is 0.637. The number of pyridine rings is 1.